The lowest BCUT2D eigenvalue weighted by atomic mass is 10.0. The molecule has 0 fully saturated rings. The zero-order valence-electron chi connectivity index (χ0n) is 8.63. The Kier molecular flexibility index (Phi) is 4.03. The van der Waals surface area contributed by atoms with Crippen molar-refractivity contribution in [2.75, 3.05) is 7.11 Å². The van der Waals surface area contributed by atoms with E-state index < -0.39 is 0 Å². The van der Waals surface area contributed by atoms with Gasteiger partial charge >= 0.3 is 5.97 Å². The minimum atomic E-state index is -0.304. The number of methoxy groups -OCH3 is 1. The van der Waals surface area contributed by atoms with Gasteiger partial charge in [0, 0.05) is 0 Å². The highest BCUT2D eigenvalue weighted by molar-refractivity contribution is 5.72. The zero-order chi connectivity index (χ0) is 11.3. The number of esters is 1. The van der Waals surface area contributed by atoms with E-state index in [0.717, 1.165) is 11.1 Å². The summed E-state index contributed by atoms with van der Waals surface area (Å²) in [7, 11) is 1.34. The summed E-state index contributed by atoms with van der Waals surface area (Å²) in [6.45, 7) is 3.77. The summed E-state index contributed by atoms with van der Waals surface area (Å²) in [5, 5.41) is 0. The molecule has 0 amide bonds. The summed E-state index contributed by atoms with van der Waals surface area (Å²) >= 11 is 0. The lowest BCUT2D eigenvalue weighted by Gasteiger charge is -2.04. The Balaban J connectivity index is 2.51. The molecule has 1 aromatic rings. The van der Waals surface area contributed by atoms with Gasteiger partial charge in [0.05, 0.1) is 13.5 Å². The number of hydrogen-bond acceptors (Lipinski definition) is 2. The van der Waals surface area contributed by atoms with Crippen LogP contribution in [0.2, 0.25) is 0 Å². The molecular formula is C12H13FO2. The van der Waals surface area contributed by atoms with E-state index >= 15 is 0 Å². The molecule has 1 aromatic carbocycles. The fourth-order valence-corrected chi connectivity index (χ4v) is 1.23. The maximum Gasteiger partial charge on any atom is 0.309 e. The third-order valence-electron chi connectivity index (χ3n) is 1.99. The van der Waals surface area contributed by atoms with E-state index in [1.165, 1.54) is 19.2 Å². The van der Waals surface area contributed by atoms with Crippen LogP contribution in [0.5, 0.6) is 0 Å². The molecule has 80 valence electrons. The molecule has 3 heteroatoms. The van der Waals surface area contributed by atoms with Gasteiger partial charge in [-0.3, -0.25) is 4.79 Å². The van der Waals surface area contributed by atoms with Crippen LogP contribution < -0.4 is 0 Å². The molecule has 0 N–H and O–H groups in total. The van der Waals surface area contributed by atoms with E-state index in [9.17, 15) is 9.18 Å². The van der Waals surface area contributed by atoms with Gasteiger partial charge in [0.25, 0.3) is 0 Å². The molecular weight excluding hydrogens is 195 g/mol. The van der Waals surface area contributed by atoms with Gasteiger partial charge in [-0.15, -0.1) is 0 Å². The van der Waals surface area contributed by atoms with Gasteiger partial charge in [-0.2, -0.15) is 0 Å². The third-order valence-corrected chi connectivity index (χ3v) is 1.99. The Morgan fingerprint density at radius 3 is 2.53 bits per heavy atom. The summed E-state index contributed by atoms with van der Waals surface area (Å²) in [6.07, 6.45) is 0.767. The predicted molar refractivity (Wildman–Crippen MR) is 55.9 cm³/mol. The third kappa shape index (κ3) is 3.94. The van der Waals surface area contributed by atoms with E-state index in [2.05, 4.69) is 11.3 Å². The summed E-state index contributed by atoms with van der Waals surface area (Å²) < 4.78 is 17.1. The Morgan fingerprint density at radius 1 is 1.40 bits per heavy atom. The Bertz CT molecular complexity index is 354. The van der Waals surface area contributed by atoms with Crippen LogP contribution in [0, 0.1) is 5.82 Å². The van der Waals surface area contributed by atoms with Crippen molar-refractivity contribution < 1.29 is 13.9 Å². The normalized spacial score (nSPS) is 9.73. The molecule has 0 atom stereocenters. The maximum absolute atomic E-state index is 12.6. The second kappa shape index (κ2) is 5.29. The number of benzene rings is 1. The molecule has 0 bridgehead atoms. The van der Waals surface area contributed by atoms with Crippen LogP contribution in [0.25, 0.3) is 0 Å². The van der Waals surface area contributed by atoms with Gasteiger partial charge in [-0.05, 0) is 24.1 Å². The van der Waals surface area contributed by atoms with Crippen LogP contribution in [0.4, 0.5) is 4.39 Å². The summed E-state index contributed by atoms with van der Waals surface area (Å²) in [5.74, 6) is -0.570. The highest BCUT2D eigenvalue weighted by Gasteiger charge is 2.04. The van der Waals surface area contributed by atoms with Crippen molar-refractivity contribution >= 4 is 5.97 Å². The van der Waals surface area contributed by atoms with E-state index in [0.29, 0.717) is 6.42 Å². The van der Waals surface area contributed by atoms with Crippen molar-refractivity contribution in [3.05, 3.63) is 47.8 Å². The minimum Gasteiger partial charge on any atom is -0.469 e. The van der Waals surface area contributed by atoms with Gasteiger partial charge in [-0.25, -0.2) is 4.39 Å². The summed E-state index contributed by atoms with van der Waals surface area (Å²) in [6, 6.07) is 6.14. The van der Waals surface area contributed by atoms with Crippen molar-refractivity contribution in [2.24, 2.45) is 0 Å². The largest absolute Gasteiger partial charge is 0.469 e. The number of rotatable bonds is 4. The maximum atomic E-state index is 12.6. The second-order valence-corrected chi connectivity index (χ2v) is 3.31. The van der Waals surface area contributed by atoms with Crippen molar-refractivity contribution in [1.82, 2.24) is 0 Å². The van der Waals surface area contributed by atoms with Crippen molar-refractivity contribution in [3.63, 3.8) is 0 Å². The molecule has 0 unspecified atom stereocenters. The Morgan fingerprint density at radius 2 is 2.00 bits per heavy atom. The first-order valence-corrected chi connectivity index (χ1v) is 4.59. The van der Waals surface area contributed by atoms with Crippen LogP contribution in [0.1, 0.15) is 12.0 Å². The average Bonchev–Trinajstić information content (AvgIpc) is 2.21. The SMILES string of the molecule is C=C(CC(=O)OC)Cc1ccc(F)cc1. The van der Waals surface area contributed by atoms with E-state index in [1.54, 1.807) is 12.1 Å². The molecule has 0 saturated heterocycles. The standard InChI is InChI=1S/C12H13FO2/c1-9(8-12(14)15-2)7-10-3-5-11(13)6-4-10/h3-6H,1,7-8H2,2H3. The fourth-order valence-electron chi connectivity index (χ4n) is 1.23. The Labute approximate surface area is 88.4 Å². The minimum absolute atomic E-state index is 0.202. The zero-order valence-corrected chi connectivity index (χ0v) is 8.63. The quantitative estimate of drug-likeness (QED) is 0.561. The lowest BCUT2D eigenvalue weighted by Crippen LogP contribution is -2.02. The van der Waals surface area contributed by atoms with Crippen LogP contribution in [-0.2, 0) is 16.0 Å². The molecule has 0 heterocycles. The van der Waals surface area contributed by atoms with E-state index in [1.807, 2.05) is 0 Å². The first-order valence-electron chi connectivity index (χ1n) is 4.59. The molecule has 2 nitrogen and oxygen atoms in total. The van der Waals surface area contributed by atoms with Crippen molar-refractivity contribution in [2.45, 2.75) is 12.8 Å². The molecule has 0 aromatic heterocycles. The first-order chi connectivity index (χ1) is 7.11. The summed E-state index contributed by atoms with van der Waals surface area (Å²) in [5.41, 5.74) is 1.69. The molecule has 1 rings (SSSR count). The summed E-state index contributed by atoms with van der Waals surface area (Å²) in [4.78, 5) is 10.9. The molecule has 0 spiro atoms. The van der Waals surface area contributed by atoms with Gasteiger partial charge in [0.1, 0.15) is 5.82 Å². The van der Waals surface area contributed by atoms with E-state index in [-0.39, 0.29) is 18.2 Å². The Hall–Kier alpha value is -1.64. The lowest BCUT2D eigenvalue weighted by molar-refractivity contribution is -0.139. The van der Waals surface area contributed by atoms with Crippen LogP contribution in [-0.4, -0.2) is 13.1 Å². The monoisotopic (exact) mass is 208 g/mol. The van der Waals surface area contributed by atoms with Crippen molar-refractivity contribution in [1.29, 1.82) is 0 Å². The first kappa shape index (κ1) is 11.4. The van der Waals surface area contributed by atoms with Crippen LogP contribution >= 0.6 is 0 Å². The van der Waals surface area contributed by atoms with Gasteiger partial charge in [-0.1, -0.05) is 24.3 Å². The highest BCUT2D eigenvalue weighted by Crippen LogP contribution is 2.11. The topological polar surface area (TPSA) is 26.3 Å². The molecule has 0 aliphatic rings. The van der Waals surface area contributed by atoms with E-state index in [4.69, 9.17) is 0 Å². The predicted octanol–water partition coefficient (Wildman–Crippen LogP) is 2.49. The van der Waals surface area contributed by atoms with Gasteiger partial charge in [0.15, 0.2) is 0 Å². The number of ether oxygens (including phenoxy) is 1. The van der Waals surface area contributed by atoms with Gasteiger partial charge < -0.3 is 4.74 Å². The van der Waals surface area contributed by atoms with Gasteiger partial charge in [0.2, 0.25) is 0 Å². The second-order valence-electron chi connectivity index (χ2n) is 3.31. The molecule has 0 aliphatic carbocycles. The number of halogens is 1. The number of carbonyl (C=O) groups excluding carboxylic acids is 1. The molecule has 15 heavy (non-hydrogen) atoms. The van der Waals surface area contributed by atoms with Crippen molar-refractivity contribution in [3.8, 4) is 0 Å². The fraction of sp³-hybridized carbons (Fsp3) is 0.250. The molecule has 0 aliphatic heterocycles. The van der Waals surface area contributed by atoms with Crippen LogP contribution in [0.3, 0.4) is 0 Å². The molecule has 0 radical (unpaired) electrons. The average molecular weight is 208 g/mol. The van der Waals surface area contributed by atoms with Crippen LogP contribution in [0.15, 0.2) is 36.4 Å². The smallest absolute Gasteiger partial charge is 0.309 e. The highest BCUT2D eigenvalue weighted by atomic mass is 19.1. The molecule has 0 saturated carbocycles. The number of hydrogen-bond donors (Lipinski definition) is 0. The number of carbonyl (C=O) groups is 1.